The quantitative estimate of drug-likeness (QED) is 0.816. The summed E-state index contributed by atoms with van der Waals surface area (Å²) in [6, 6.07) is 3.49. The molecule has 0 aliphatic heterocycles. The number of carbonyl (C=O) groups is 1. The minimum Gasteiger partial charge on any atom is -0.320 e. The number of hydrogen-bond acceptors (Lipinski definition) is 3. The van der Waals surface area contributed by atoms with Crippen LogP contribution in [0.5, 0.6) is 0 Å². The molecule has 0 aliphatic rings. The second-order valence-corrected chi connectivity index (χ2v) is 4.80. The largest absolute Gasteiger partial charge is 0.320 e. The van der Waals surface area contributed by atoms with E-state index >= 15 is 0 Å². The van der Waals surface area contributed by atoms with Crippen LogP contribution in [-0.2, 0) is 4.79 Å². The van der Waals surface area contributed by atoms with Gasteiger partial charge in [0.25, 0.3) is 5.91 Å². The Balaban J connectivity index is 2.57. The Morgan fingerprint density at radius 2 is 2.06 bits per heavy atom. The van der Waals surface area contributed by atoms with E-state index in [0.29, 0.717) is 6.42 Å². The monoisotopic (exact) mass is 241 g/mol. The highest BCUT2D eigenvalue weighted by molar-refractivity contribution is 7.98. The van der Waals surface area contributed by atoms with E-state index in [0.717, 1.165) is 17.1 Å². The molecule has 1 atom stereocenters. The van der Waals surface area contributed by atoms with Crippen LogP contribution < -0.4 is 11.2 Å². The number of nitrogens with two attached hydrogens (primary N) is 1. The van der Waals surface area contributed by atoms with E-state index in [9.17, 15) is 4.79 Å². The first-order valence-corrected chi connectivity index (χ1v) is 6.66. The first-order chi connectivity index (χ1) is 7.56. The molecule has 1 amide bonds. The maximum absolute atomic E-state index is 11.8. The Morgan fingerprint density at radius 1 is 1.50 bits per heavy atom. The Labute approximate surface area is 101 Å². The molecule has 0 aliphatic carbocycles. The van der Waals surface area contributed by atoms with Crippen molar-refractivity contribution in [1.29, 1.82) is 0 Å². The maximum Gasteiger partial charge on any atom is 0.255 e. The smallest absolute Gasteiger partial charge is 0.255 e. The molecular formula is C11H19N3OS. The number of carbonyl (C=O) groups excluding carboxylic acids is 1. The summed E-state index contributed by atoms with van der Waals surface area (Å²) < 4.78 is 1.77. The summed E-state index contributed by atoms with van der Waals surface area (Å²) in [5.74, 6) is 0.773. The predicted molar refractivity (Wildman–Crippen MR) is 69.2 cm³/mol. The van der Waals surface area contributed by atoms with E-state index in [4.69, 9.17) is 5.73 Å². The summed E-state index contributed by atoms with van der Waals surface area (Å²) in [6.45, 7) is 3.89. The highest BCUT2D eigenvalue weighted by atomic mass is 32.2. The number of rotatable bonds is 5. The van der Waals surface area contributed by atoms with Gasteiger partial charge in [-0.05, 0) is 44.4 Å². The summed E-state index contributed by atoms with van der Waals surface area (Å²) in [5.41, 5.74) is 10.6. The summed E-state index contributed by atoms with van der Waals surface area (Å²) in [6.07, 6.45) is 2.71. The molecule has 0 unspecified atom stereocenters. The molecule has 0 bridgehead atoms. The number of aromatic nitrogens is 1. The lowest BCUT2D eigenvalue weighted by Gasteiger charge is -2.15. The van der Waals surface area contributed by atoms with E-state index in [-0.39, 0.29) is 5.91 Å². The molecular weight excluding hydrogens is 222 g/mol. The molecule has 1 rings (SSSR count). The van der Waals surface area contributed by atoms with Gasteiger partial charge in [0.15, 0.2) is 0 Å². The Morgan fingerprint density at radius 3 is 2.56 bits per heavy atom. The van der Waals surface area contributed by atoms with Crippen molar-refractivity contribution >= 4 is 17.7 Å². The van der Waals surface area contributed by atoms with E-state index in [1.807, 2.05) is 32.2 Å². The van der Waals surface area contributed by atoms with E-state index in [1.54, 1.807) is 16.4 Å². The molecule has 90 valence electrons. The van der Waals surface area contributed by atoms with Crippen molar-refractivity contribution in [3.05, 3.63) is 23.5 Å². The van der Waals surface area contributed by atoms with Crippen molar-refractivity contribution in [3.8, 4) is 0 Å². The second-order valence-electron chi connectivity index (χ2n) is 3.82. The lowest BCUT2D eigenvalue weighted by atomic mass is 10.2. The van der Waals surface area contributed by atoms with Crippen LogP contribution in [0.4, 0.5) is 0 Å². The van der Waals surface area contributed by atoms with Gasteiger partial charge in [-0.3, -0.25) is 14.9 Å². The fourth-order valence-electron chi connectivity index (χ4n) is 1.41. The third-order valence-electron chi connectivity index (χ3n) is 2.46. The Bertz CT molecular complexity index is 343. The van der Waals surface area contributed by atoms with Gasteiger partial charge in [-0.2, -0.15) is 11.8 Å². The molecule has 0 spiro atoms. The molecule has 16 heavy (non-hydrogen) atoms. The molecule has 1 heterocycles. The second kappa shape index (κ2) is 5.96. The summed E-state index contributed by atoms with van der Waals surface area (Å²) in [4.78, 5) is 11.8. The summed E-state index contributed by atoms with van der Waals surface area (Å²) in [5, 5.41) is 0. The average Bonchev–Trinajstić information content (AvgIpc) is 2.57. The Kier molecular flexibility index (Phi) is 4.89. The maximum atomic E-state index is 11.8. The van der Waals surface area contributed by atoms with Crippen LogP contribution >= 0.6 is 11.8 Å². The molecule has 0 aromatic carbocycles. The van der Waals surface area contributed by atoms with E-state index in [1.165, 1.54) is 0 Å². The molecule has 1 aromatic rings. The van der Waals surface area contributed by atoms with Gasteiger partial charge in [-0.25, -0.2) is 0 Å². The number of amides is 1. The van der Waals surface area contributed by atoms with Crippen LogP contribution in [0.25, 0.3) is 0 Å². The van der Waals surface area contributed by atoms with Crippen LogP contribution in [0, 0.1) is 13.8 Å². The SMILES string of the molecule is CSCC[C@H](N)C(=O)Nn1c(C)ccc1C. The first kappa shape index (κ1) is 13.1. The van der Waals surface area contributed by atoms with Crippen molar-refractivity contribution in [1.82, 2.24) is 4.68 Å². The molecule has 0 fully saturated rings. The number of aryl methyl sites for hydroxylation is 2. The minimum atomic E-state index is -0.436. The first-order valence-electron chi connectivity index (χ1n) is 5.26. The van der Waals surface area contributed by atoms with Crippen LogP contribution in [0.1, 0.15) is 17.8 Å². The standard InChI is InChI=1S/C11H19N3OS/c1-8-4-5-9(2)14(8)13-11(15)10(12)6-7-16-3/h4-5,10H,6-7,12H2,1-3H3,(H,13,15)/t10-/m0/s1. The van der Waals surface area contributed by atoms with E-state index < -0.39 is 6.04 Å². The van der Waals surface area contributed by atoms with Gasteiger partial charge in [0.2, 0.25) is 0 Å². The Hall–Kier alpha value is -0.940. The number of hydrogen-bond donors (Lipinski definition) is 2. The lowest BCUT2D eigenvalue weighted by molar-refractivity contribution is -0.118. The lowest BCUT2D eigenvalue weighted by Crippen LogP contribution is -2.40. The molecule has 1 aromatic heterocycles. The van der Waals surface area contributed by atoms with Crippen molar-refractivity contribution in [3.63, 3.8) is 0 Å². The predicted octanol–water partition coefficient (Wildman–Crippen LogP) is 1.26. The number of nitrogens with one attached hydrogen (secondary N) is 1. The van der Waals surface area contributed by atoms with Gasteiger partial charge < -0.3 is 5.73 Å². The zero-order chi connectivity index (χ0) is 12.1. The van der Waals surface area contributed by atoms with Crippen molar-refractivity contribution in [2.75, 3.05) is 17.4 Å². The summed E-state index contributed by atoms with van der Waals surface area (Å²) in [7, 11) is 0. The van der Waals surface area contributed by atoms with Gasteiger partial charge in [-0.15, -0.1) is 0 Å². The molecule has 4 nitrogen and oxygen atoms in total. The molecule has 0 radical (unpaired) electrons. The van der Waals surface area contributed by atoms with Crippen LogP contribution in [0.15, 0.2) is 12.1 Å². The molecule has 0 saturated carbocycles. The van der Waals surface area contributed by atoms with Crippen molar-refractivity contribution in [2.45, 2.75) is 26.3 Å². The average molecular weight is 241 g/mol. The van der Waals surface area contributed by atoms with Crippen LogP contribution in [0.3, 0.4) is 0 Å². The van der Waals surface area contributed by atoms with Gasteiger partial charge in [0.1, 0.15) is 0 Å². The molecule has 3 N–H and O–H groups in total. The number of thioether (sulfide) groups is 1. The van der Waals surface area contributed by atoms with Gasteiger partial charge in [0, 0.05) is 11.4 Å². The topological polar surface area (TPSA) is 60.1 Å². The fraction of sp³-hybridized carbons (Fsp3) is 0.545. The van der Waals surface area contributed by atoms with Gasteiger partial charge in [-0.1, -0.05) is 0 Å². The fourth-order valence-corrected chi connectivity index (χ4v) is 1.90. The highest BCUT2D eigenvalue weighted by Gasteiger charge is 2.14. The molecule has 0 saturated heterocycles. The van der Waals surface area contributed by atoms with Crippen LogP contribution in [0.2, 0.25) is 0 Å². The third kappa shape index (κ3) is 3.28. The van der Waals surface area contributed by atoms with Crippen molar-refractivity contribution < 1.29 is 4.79 Å². The van der Waals surface area contributed by atoms with E-state index in [2.05, 4.69) is 5.43 Å². The van der Waals surface area contributed by atoms with Gasteiger partial charge in [0.05, 0.1) is 6.04 Å². The van der Waals surface area contributed by atoms with Crippen molar-refractivity contribution in [2.24, 2.45) is 5.73 Å². The zero-order valence-electron chi connectivity index (χ0n) is 9.99. The zero-order valence-corrected chi connectivity index (χ0v) is 10.8. The van der Waals surface area contributed by atoms with Crippen LogP contribution in [-0.4, -0.2) is 28.6 Å². The highest BCUT2D eigenvalue weighted by Crippen LogP contribution is 2.05. The molecule has 5 heteroatoms. The third-order valence-corrected chi connectivity index (χ3v) is 3.11. The summed E-state index contributed by atoms with van der Waals surface area (Å²) >= 11 is 1.69. The normalized spacial score (nSPS) is 12.5. The number of nitrogens with zero attached hydrogens (tertiary/aromatic N) is 1. The van der Waals surface area contributed by atoms with Gasteiger partial charge >= 0.3 is 0 Å². The minimum absolute atomic E-state index is 0.128.